The van der Waals surface area contributed by atoms with Crippen LogP contribution in [0.2, 0.25) is 0 Å². The van der Waals surface area contributed by atoms with Crippen LogP contribution in [0.15, 0.2) is 24.7 Å². The average molecular weight is 354 g/mol. The number of aromatic nitrogens is 3. The van der Waals surface area contributed by atoms with Gasteiger partial charge in [0.1, 0.15) is 18.0 Å². The second-order valence-corrected chi connectivity index (χ2v) is 7.04. The quantitative estimate of drug-likeness (QED) is 0.900. The lowest BCUT2D eigenvalue weighted by atomic mass is 10.0. The van der Waals surface area contributed by atoms with Crippen molar-refractivity contribution in [2.75, 3.05) is 37.0 Å². The fourth-order valence-corrected chi connectivity index (χ4v) is 3.17. The summed E-state index contributed by atoms with van der Waals surface area (Å²) in [6.45, 7) is 5.62. The smallest absolute Gasteiger partial charge is 0.255 e. The third-order valence-electron chi connectivity index (χ3n) is 4.42. The van der Waals surface area contributed by atoms with Crippen LogP contribution in [0.25, 0.3) is 0 Å². The van der Waals surface area contributed by atoms with Gasteiger partial charge in [-0.15, -0.1) is 0 Å². The third-order valence-corrected chi connectivity index (χ3v) is 4.42. The second-order valence-electron chi connectivity index (χ2n) is 7.04. The number of hydrogen-bond acceptors (Lipinski definition) is 6. The first kappa shape index (κ1) is 18.1. The zero-order valence-electron chi connectivity index (χ0n) is 15.9. The standard InChI is InChI=1S/C19H26N6O/c1-13(2)22-19(26)15-11-14-6-9-25(17-5-8-20-12-21-17)10-7-16(14)23-18(15)24(3)4/h5,8,11-13H,6-7,9-10H2,1-4H3,(H,22,26). The van der Waals surface area contributed by atoms with E-state index in [1.165, 1.54) is 0 Å². The number of anilines is 2. The first-order valence-electron chi connectivity index (χ1n) is 8.97. The van der Waals surface area contributed by atoms with Crippen LogP contribution in [0, 0.1) is 0 Å². The Balaban J connectivity index is 1.90. The molecule has 0 aliphatic carbocycles. The molecule has 1 aliphatic heterocycles. The molecule has 0 spiro atoms. The predicted octanol–water partition coefficient (Wildman–Crippen LogP) is 1.68. The van der Waals surface area contributed by atoms with E-state index >= 15 is 0 Å². The highest BCUT2D eigenvalue weighted by atomic mass is 16.1. The van der Waals surface area contributed by atoms with Crippen LogP contribution in [0.1, 0.15) is 35.5 Å². The third kappa shape index (κ3) is 3.92. The highest BCUT2D eigenvalue weighted by molar-refractivity contribution is 5.99. The van der Waals surface area contributed by atoms with Gasteiger partial charge in [0.25, 0.3) is 5.91 Å². The lowest BCUT2D eigenvalue weighted by Gasteiger charge is -2.20. The summed E-state index contributed by atoms with van der Waals surface area (Å²) in [4.78, 5) is 30.0. The van der Waals surface area contributed by atoms with E-state index in [1.54, 1.807) is 12.5 Å². The number of amides is 1. The summed E-state index contributed by atoms with van der Waals surface area (Å²) in [6, 6.07) is 4.03. The number of rotatable bonds is 4. The molecule has 0 radical (unpaired) electrons. The Labute approximate surface area is 154 Å². The fraction of sp³-hybridized carbons (Fsp3) is 0.474. The molecule has 0 atom stereocenters. The Morgan fingerprint density at radius 3 is 2.69 bits per heavy atom. The maximum absolute atomic E-state index is 12.6. The monoisotopic (exact) mass is 354 g/mol. The summed E-state index contributed by atoms with van der Waals surface area (Å²) in [5.74, 6) is 1.58. The molecule has 2 aromatic rings. The molecule has 1 amide bonds. The number of hydrogen-bond donors (Lipinski definition) is 1. The second kappa shape index (κ2) is 7.68. The lowest BCUT2D eigenvalue weighted by Crippen LogP contribution is -2.32. The number of nitrogens with one attached hydrogen (secondary N) is 1. The van der Waals surface area contributed by atoms with Crippen LogP contribution in [-0.2, 0) is 12.8 Å². The molecular weight excluding hydrogens is 328 g/mol. The molecule has 0 fully saturated rings. The van der Waals surface area contributed by atoms with Gasteiger partial charge in [-0.05, 0) is 38.0 Å². The lowest BCUT2D eigenvalue weighted by molar-refractivity contribution is 0.0943. The van der Waals surface area contributed by atoms with Crippen molar-refractivity contribution < 1.29 is 4.79 Å². The van der Waals surface area contributed by atoms with Crippen LogP contribution in [0.3, 0.4) is 0 Å². The van der Waals surface area contributed by atoms with E-state index < -0.39 is 0 Å². The molecule has 1 N–H and O–H groups in total. The summed E-state index contributed by atoms with van der Waals surface area (Å²) in [5.41, 5.74) is 2.84. The van der Waals surface area contributed by atoms with Gasteiger partial charge in [0.05, 0.1) is 5.56 Å². The molecule has 2 aromatic heterocycles. The van der Waals surface area contributed by atoms with E-state index in [-0.39, 0.29) is 11.9 Å². The van der Waals surface area contributed by atoms with Crippen LogP contribution in [0.4, 0.5) is 11.6 Å². The van der Waals surface area contributed by atoms with E-state index in [4.69, 9.17) is 4.98 Å². The van der Waals surface area contributed by atoms with Gasteiger partial charge in [-0.2, -0.15) is 0 Å². The van der Waals surface area contributed by atoms with Crippen molar-refractivity contribution in [2.45, 2.75) is 32.7 Å². The molecule has 3 rings (SSSR count). The Morgan fingerprint density at radius 1 is 1.27 bits per heavy atom. The Morgan fingerprint density at radius 2 is 2.04 bits per heavy atom. The number of pyridine rings is 1. The molecule has 3 heterocycles. The normalized spacial score (nSPS) is 14.0. The number of nitrogens with zero attached hydrogens (tertiary/aromatic N) is 5. The number of carbonyl (C=O) groups is 1. The van der Waals surface area contributed by atoms with Crippen molar-refractivity contribution >= 4 is 17.5 Å². The van der Waals surface area contributed by atoms with Gasteiger partial charge in [0.2, 0.25) is 0 Å². The molecule has 0 aromatic carbocycles. The first-order chi connectivity index (χ1) is 12.5. The average Bonchev–Trinajstić information content (AvgIpc) is 2.82. The summed E-state index contributed by atoms with van der Waals surface area (Å²) >= 11 is 0. The van der Waals surface area contributed by atoms with E-state index in [2.05, 4.69) is 20.2 Å². The minimum atomic E-state index is -0.0732. The van der Waals surface area contributed by atoms with Crippen molar-refractivity contribution in [3.05, 3.63) is 41.5 Å². The topological polar surface area (TPSA) is 74.2 Å². The van der Waals surface area contributed by atoms with Crippen molar-refractivity contribution in [3.8, 4) is 0 Å². The van der Waals surface area contributed by atoms with Gasteiger partial charge in [0.15, 0.2) is 0 Å². The van der Waals surface area contributed by atoms with E-state index in [1.807, 2.05) is 45.0 Å². The van der Waals surface area contributed by atoms with Crippen LogP contribution in [-0.4, -0.2) is 54.1 Å². The largest absolute Gasteiger partial charge is 0.362 e. The maximum atomic E-state index is 12.6. The molecule has 0 bridgehead atoms. The summed E-state index contributed by atoms with van der Waals surface area (Å²) < 4.78 is 0. The van der Waals surface area contributed by atoms with Crippen molar-refractivity contribution in [3.63, 3.8) is 0 Å². The summed E-state index contributed by atoms with van der Waals surface area (Å²) in [7, 11) is 3.84. The Bertz CT molecular complexity index is 775. The number of carbonyl (C=O) groups excluding carboxylic acids is 1. The highest BCUT2D eigenvalue weighted by Crippen LogP contribution is 2.24. The van der Waals surface area contributed by atoms with Crippen molar-refractivity contribution in [2.24, 2.45) is 0 Å². The van der Waals surface area contributed by atoms with Crippen molar-refractivity contribution in [1.82, 2.24) is 20.3 Å². The maximum Gasteiger partial charge on any atom is 0.255 e. The summed E-state index contributed by atoms with van der Waals surface area (Å²) in [5, 5.41) is 2.98. The minimum absolute atomic E-state index is 0.0732. The van der Waals surface area contributed by atoms with Gasteiger partial charge in [0, 0.05) is 51.5 Å². The van der Waals surface area contributed by atoms with Gasteiger partial charge < -0.3 is 15.1 Å². The Hall–Kier alpha value is -2.70. The van der Waals surface area contributed by atoms with Crippen LogP contribution < -0.4 is 15.1 Å². The van der Waals surface area contributed by atoms with Gasteiger partial charge in [-0.3, -0.25) is 4.79 Å². The van der Waals surface area contributed by atoms with Gasteiger partial charge in [-0.1, -0.05) is 0 Å². The molecule has 7 heteroatoms. The first-order valence-corrected chi connectivity index (χ1v) is 8.97. The predicted molar refractivity (Wildman–Crippen MR) is 103 cm³/mol. The van der Waals surface area contributed by atoms with E-state index in [0.717, 1.165) is 48.8 Å². The summed E-state index contributed by atoms with van der Waals surface area (Å²) in [6.07, 6.45) is 5.00. The highest BCUT2D eigenvalue weighted by Gasteiger charge is 2.22. The molecular formula is C19H26N6O. The van der Waals surface area contributed by atoms with E-state index in [9.17, 15) is 4.79 Å². The molecule has 26 heavy (non-hydrogen) atoms. The van der Waals surface area contributed by atoms with Gasteiger partial charge >= 0.3 is 0 Å². The molecule has 138 valence electrons. The van der Waals surface area contributed by atoms with Crippen molar-refractivity contribution in [1.29, 1.82) is 0 Å². The molecule has 7 nitrogen and oxygen atoms in total. The molecule has 1 aliphatic rings. The molecule has 0 saturated heterocycles. The van der Waals surface area contributed by atoms with E-state index in [0.29, 0.717) is 5.56 Å². The SMILES string of the molecule is CC(C)NC(=O)c1cc2c(nc1N(C)C)CCN(c1ccncn1)CC2. The molecule has 0 unspecified atom stereocenters. The minimum Gasteiger partial charge on any atom is -0.362 e. The van der Waals surface area contributed by atoms with Gasteiger partial charge in [-0.25, -0.2) is 15.0 Å². The molecule has 0 saturated carbocycles. The van der Waals surface area contributed by atoms with Crippen LogP contribution in [0.5, 0.6) is 0 Å². The zero-order chi connectivity index (χ0) is 18.7. The van der Waals surface area contributed by atoms with Crippen LogP contribution >= 0.6 is 0 Å². The zero-order valence-corrected chi connectivity index (χ0v) is 15.9. The fourth-order valence-electron chi connectivity index (χ4n) is 3.17. The number of fused-ring (bicyclic) bond motifs is 1. The Kier molecular flexibility index (Phi) is 5.35.